The van der Waals surface area contributed by atoms with E-state index in [0.717, 1.165) is 13.1 Å². The summed E-state index contributed by atoms with van der Waals surface area (Å²) in [5.74, 6) is 0.209. The summed E-state index contributed by atoms with van der Waals surface area (Å²) >= 11 is 0. The number of piperidine rings is 1. The Morgan fingerprint density at radius 1 is 1.17 bits per heavy atom. The molecule has 7 nitrogen and oxygen atoms in total. The third-order valence-electron chi connectivity index (χ3n) is 5.55. The topological polar surface area (TPSA) is 81.0 Å². The molecule has 2 aliphatic heterocycles. The van der Waals surface area contributed by atoms with Crippen LogP contribution in [0.4, 0.5) is 0 Å². The number of likely N-dealkylation sites (tertiary alicyclic amines) is 1. The Morgan fingerprint density at radius 2 is 1.97 bits per heavy atom. The Balaban J connectivity index is 1.52. The van der Waals surface area contributed by atoms with E-state index in [0.29, 0.717) is 29.9 Å². The van der Waals surface area contributed by atoms with Crippen LogP contribution in [0.2, 0.25) is 0 Å². The van der Waals surface area contributed by atoms with E-state index in [2.05, 4.69) is 10.2 Å². The van der Waals surface area contributed by atoms with Gasteiger partial charge in [-0.15, -0.1) is 0 Å². The summed E-state index contributed by atoms with van der Waals surface area (Å²) in [5.41, 5.74) is -0.232. The molecule has 0 unspecified atom stereocenters. The lowest BCUT2D eigenvalue weighted by Crippen LogP contribution is -2.52. The van der Waals surface area contributed by atoms with Crippen molar-refractivity contribution in [3.63, 3.8) is 0 Å². The van der Waals surface area contributed by atoms with Crippen LogP contribution in [0.25, 0.3) is 11.0 Å². The summed E-state index contributed by atoms with van der Waals surface area (Å²) in [5, 5.41) is 3.68. The van der Waals surface area contributed by atoms with Gasteiger partial charge in [-0.05, 0) is 58.0 Å². The lowest BCUT2D eigenvalue weighted by molar-refractivity contribution is 0.0896. The fourth-order valence-electron chi connectivity index (χ4n) is 4.13. The Hall–Kier alpha value is -2.38. The van der Waals surface area contributed by atoms with Gasteiger partial charge < -0.3 is 19.2 Å². The van der Waals surface area contributed by atoms with Crippen LogP contribution in [0.1, 0.15) is 43.5 Å². The normalized spacial score (nSPS) is 22.9. The molecular weight excluding hydrogens is 372 g/mol. The van der Waals surface area contributed by atoms with Crippen LogP contribution in [0, 0.1) is 0 Å². The second-order valence-electron chi connectivity index (χ2n) is 8.10. The summed E-state index contributed by atoms with van der Waals surface area (Å²) in [7, 11) is 0. The van der Waals surface area contributed by atoms with E-state index >= 15 is 0 Å². The van der Waals surface area contributed by atoms with Gasteiger partial charge in [0.25, 0.3) is 5.91 Å². The number of nitrogens with one attached hydrogen (secondary N) is 1. The van der Waals surface area contributed by atoms with Crippen LogP contribution in [-0.2, 0) is 4.74 Å². The molecule has 1 N–H and O–H groups in total. The fraction of sp³-hybridized carbons (Fsp3) is 0.545. The predicted octanol–water partition coefficient (Wildman–Crippen LogP) is 2.56. The molecule has 2 aromatic rings. The maximum Gasteiger partial charge on any atom is 0.349 e. The molecule has 2 atom stereocenters. The monoisotopic (exact) mass is 400 g/mol. The minimum absolute atomic E-state index is 0.0133. The molecule has 0 saturated carbocycles. The quantitative estimate of drug-likeness (QED) is 0.777. The number of hydrogen-bond acceptors (Lipinski definition) is 6. The molecule has 7 heteroatoms. The first kappa shape index (κ1) is 19.9. The highest BCUT2D eigenvalue weighted by Crippen LogP contribution is 2.22. The first-order valence-electron chi connectivity index (χ1n) is 10.4. The third-order valence-corrected chi connectivity index (χ3v) is 5.55. The summed E-state index contributed by atoms with van der Waals surface area (Å²) in [6.07, 6.45) is 3.62. The Morgan fingerprint density at radius 3 is 2.72 bits per heavy atom. The predicted molar refractivity (Wildman–Crippen MR) is 110 cm³/mol. The Kier molecular flexibility index (Phi) is 5.87. The number of rotatable bonds is 5. The molecule has 0 aliphatic carbocycles. The minimum Gasteiger partial charge on any atom is -0.491 e. The van der Waals surface area contributed by atoms with Crippen LogP contribution >= 0.6 is 0 Å². The zero-order valence-electron chi connectivity index (χ0n) is 17.0. The van der Waals surface area contributed by atoms with E-state index in [1.165, 1.54) is 19.3 Å². The molecule has 2 aliphatic rings. The lowest BCUT2D eigenvalue weighted by atomic mass is 10.0. The van der Waals surface area contributed by atoms with Crippen molar-refractivity contribution >= 4 is 16.9 Å². The van der Waals surface area contributed by atoms with Gasteiger partial charge in [0.2, 0.25) is 0 Å². The number of benzene rings is 1. The molecule has 0 bridgehead atoms. The van der Waals surface area contributed by atoms with Gasteiger partial charge in [-0.3, -0.25) is 9.69 Å². The summed E-state index contributed by atoms with van der Waals surface area (Å²) < 4.78 is 16.7. The first-order valence-corrected chi connectivity index (χ1v) is 10.4. The van der Waals surface area contributed by atoms with Crippen LogP contribution in [0.15, 0.2) is 33.5 Å². The number of carbonyl (C=O) groups is 1. The van der Waals surface area contributed by atoms with Crippen LogP contribution in [-0.4, -0.2) is 55.3 Å². The third kappa shape index (κ3) is 4.46. The molecule has 3 heterocycles. The first-order chi connectivity index (χ1) is 14.0. The van der Waals surface area contributed by atoms with Crippen molar-refractivity contribution in [1.29, 1.82) is 0 Å². The van der Waals surface area contributed by atoms with Crippen LogP contribution in [0.3, 0.4) is 0 Å². The van der Waals surface area contributed by atoms with Crippen molar-refractivity contribution in [2.24, 2.45) is 0 Å². The van der Waals surface area contributed by atoms with Crippen molar-refractivity contribution in [3.05, 3.63) is 40.2 Å². The van der Waals surface area contributed by atoms with E-state index < -0.39 is 11.5 Å². The highest BCUT2D eigenvalue weighted by Gasteiger charge is 2.35. The molecule has 1 amide bonds. The summed E-state index contributed by atoms with van der Waals surface area (Å²) in [6, 6.07) is 6.89. The average Bonchev–Trinajstić information content (AvgIpc) is 3.15. The van der Waals surface area contributed by atoms with Crippen molar-refractivity contribution in [1.82, 2.24) is 10.2 Å². The zero-order chi connectivity index (χ0) is 20.4. The summed E-state index contributed by atoms with van der Waals surface area (Å²) in [4.78, 5) is 27.7. The SMILES string of the molecule is CC(C)Oc1ccc2cc(C(=O)N[C@H]3COC[C@@H]3N3CCCCC3)c(=O)oc2c1. The highest BCUT2D eigenvalue weighted by atomic mass is 16.5. The van der Waals surface area contributed by atoms with Gasteiger partial charge in [-0.2, -0.15) is 0 Å². The standard InChI is InChI=1S/C22H28N2O5/c1-14(2)28-16-7-6-15-10-17(22(26)29-20(15)11-16)21(25)23-18-12-27-13-19(18)24-8-4-3-5-9-24/h6-7,10-11,14,18-19H,3-5,8-9,12-13H2,1-2H3,(H,23,25)/t18-,19-/m0/s1. The maximum absolute atomic E-state index is 12.8. The fourth-order valence-corrected chi connectivity index (χ4v) is 4.13. The summed E-state index contributed by atoms with van der Waals surface area (Å²) in [6.45, 7) is 6.98. The van der Waals surface area contributed by atoms with E-state index in [-0.39, 0.29) is 23.8 Å². The van der Waals surface area contributed by atoms with Gasteiger partial charge in [-0.25, -0.2) is 4.79 Å². The molecule has 2 fully saturated rings. The van der Waals surface area contributed by atoms with Crippen LogP contribution in [0.5, 0.6) is 5.75 Å². The number of amides is 1. The van der Waals surface area contributed by atoms with E-state index in [1.54, 1.807) is 24.3 Å². The lowest BCUT2D eigenvalue weighted by Gasteiger charge is -2.34. The van der Waals surface area contributed by atoms with Gasteiger partial charge in [0.15, 0.2) is 0 Å². The van der Waals surface area contributed by atoms with Crippen molar-refractivity contribution in [2.45, 2.75) is 51.3 Å². The van der Waals surface area contributed by atoms with Gasteiger partial charge in [0.05, 0.1) is 31.4 Å². The van der Waals surface area contributed by atoms with Crippen molar-refractivity contribution < 1.29 is 18.7 Å². The second-order valence-corrected chi connectivity index (χ2v) is 8.10. The second kappa shape index (κ2) is 8.55. The van der Waals surface area contributed by atoms with Crippen LogP contribution < -0.4 is 15.7 Å². The Labute approximate surface area is 170 Å². The largest absolute Gasteiger partial charge is 0.491 e. The van der Waals surface area contributed by atoms with E-state index in [9.17, 15) is 9.59 Å². The molecule has 1 aromatic heterocycles. The molecule has 0 radical (unpaired) electrons. The zero-order valence-corrected chi connectivity index (χ0v) is 17.0. The molecule has 156 valence electrons. The number of ether oxygens (including phenoxy) is 2. The smallest absolute Gasteiger partial charge is 0.349 e. The van der Waals surface area contributed by atoms with Gasteiger partial charge in [-0.1, -0.05) is 6.42 Å². The number of hydrogen-bond donors (Lipinski definition) is 1. The van der Waals surface area contributed by atoms with Gasteiger partial charge >= 0.3 is 5.63 Å². The van der Waals surface area contributed by atoms with Gasteiger partial charge in [0, 0.05) is 11.5 Å². The van der Waals surface area contributed by atoms with E-state index in [4.69, 9.17) is 13.9 Å². The number of fused-ring (bicyclic) bond motifs is 1. The van der Waals surface area contributed by atoms with Crippen molar-refractivity contribution in [3.8, 4) is 5.75 Å². The molecule has 1 aromatic carbocycles. The molecular formula is C22H28N2O5. The highest BCUT2D eigenvalue weighted by molar-refractivity contribution is 5.97. The van der Waals surface area contributed by atoms with E-state index in [1.807, 2.05) is 13.8 Å². The maximum atomic E-state index is 12.8. The Bertz CT molecular complexity index is 932. The number of carbonyl (C=O) groups excluding carboxylic acids is 1. The molecule has 2 saturated heterocycles. The molecule has 29 heavy (non-hydrogen) atoms. The molecule has 0 spiro atoms. The minimum atomic E-state index is -0.648. The number of nitrogens with zero attached hydrogens (tertiary/aromatic N) is 1. The van der Waals surface area contributed by atoms with Gasteiger partial charge in [0.1, 0.15) is 16.9 Å². The average molecular weight is 400 g/mol. The molecule has 4 rings (SSSR count). The van der Waals surface area contributed by atoms with Crippen molar-refractivity contribution in [2.75, 3.05) is 26.3 Å².